The van der Waals surface area contributed by atoms with Crippen molar-refractivity contribution in [3.05, 3.63) is 35.4 Å². The van der Waals surface area contributed by atoms with Gasteiger partial charge in [0.15, 0.2) is 5.78 Å². The molecule has 1 aliphatic rings. The Kier molecular flexibility index (Phi) is 3.82. The smallest absolute Gasteiger partial charge is 0.165 e. The first kappa shape index (κ1) is 14.3. The number of benzene rings is 1. The van der Waals surface area contributed by atoms with Gasteiger partial charge >= 0.3 is 0 Å². The predicted molar refractivity (Wildman–Crippen MR) is 77.7 cm³/mol. The van der Waals surface area contributed by atoms with E-state index in [0.29, 0.717) is 6.42 Å². The van der Waals surface area contributed by atoms with Crippen LogP contribution in [0.4, 0.5) is 0 Å². The summed E-state index contributed by atoms with van der Waals surface area (Å²) in [4.78, 5) is 12.3. The Morgan fingerprint density at radius 3 is 2.16 bits per heavy atom. The van der Waals surface area contributed by atoms with E-state index in [4.69, 9.17) is 4.74 Å². The Balaban J connectivity index is 2.08. The van der Waals surface area contributed by atoms with E-state index in [1.807, 2.05) is 12.1 Å². The molecule has 1 aromatic carbocycles. The van der Waals surface area contributed by atoms with Crippen molar-refractivity contribution < 1.29 is 9.53 Å². The third-order valence-corrected chi connectivity index (χ3v) is 4.25. The summed E-state index contributed by atoms with van der Waals surface area (Å²) in [5.41, 5.74) is 2.01. The van der Waals surface area contributed by atoms with Crippen LogP contribution in [-0.2, 0) is 10.2 Å². The number of hydrogen-bond acceptors (Lipinski definition) is 2. The molecule has 2 rings (SSSR count). The van der Waals surface area contributed by atoms with Crippen molar-refractivity contribution in [2.75, 3.05) is 7.11 Å². The summed E-state index contributed by atoms with van der Waals surface area (Å²) >= 11 is 0. The van der Waals surface area contributed by atoms with Gasteiger partial charge in [0.05, 0.1) is 5.60 Å². The van der Waals surface area contributed by atoms with Gasteiger partial charge in [-0.3, -0.25) is 4.79 Å². The van der Waals surface area contributed by atoms with Crippen LogP contribution in [0.2, 0.25) is 0 Å². The largest absolute Gasteiger partial charge is 0.378 e. The van der Waals surface area contributed by atoms with E-state index >= 15 is 0 Å². The zero-order valence-electron chi connectivity index (χ0n) is 12.5. The van der Waals surface area contributed by atoms with Crippen molar-refractivity contribution in [1.82, 2.24) is 0 Å². The summed E-state index contributed by atoms with van der Waals surface area (Å²) in [6, 6.07) is 8.02. The summed E-state index contributed by atoms with van der Waals surface area (Å²) < 4.78 is 5.52. The monoisotopic (exact) mass is 260 g/mol. The van der Waals surface area contributed by atoms with Gasteiger partial charge < -0.3 is 4.74 Å². The van der Waals surface area contributed by atoms with Gasteiger partial charge in [-0.05, 0) is 30.2 Å². The molecule has 1 aliphatic carbocycles. The molecule has 0 N–H and O–H groups in total. The molecule has 1 aromatic rings. The molecular weight excluding hydrogens is 236 g/mol. The molecule has 0 spiro atoms. The third-order valence-electron chi connectivity index (χ3n) is 4.25. The zero-order valence-corrected chi connectivity index (χ0v) is 12.5. The lowest BCUT2D eigenvalue weighted by Gasteiger charge is -2.40. The molecule has 0 radical (unpaired) electrons. The fourth-order valence-corrected chi connectivity index (χ4v) is 2.57. The van der Waals surface area contributed by atoms with Crippen LogP contribution in [-0.4, -0.2) is 18.5 Å². The molecule has 0 amide bonds. The van der Waals surface area contributed by atoms with Gasteiger partial charge in [0.25, 0.3) is 0 Å². The number of methoxy groups -OCH3 is 1. The number of ether oxygens (including phenoxy) is 1. The average Bonchev–Trinajstić information content (AvgIpc) is 2.32. The minimum absolute atomic E-state index is 0.128. The second-order valence-electron chi connectivity index (χ2n) is 6.67. The van der Waals surface area contributed by atoms with Gasteiger partial charge in [-0.15, -0.1) is 0 Å². The number of rotatable bonds is 4. The fourth-order valence-electron chi connectivity index (χ4n) is 2.57. The number of carbonyl (C=O) groups excluding carboxylic acids is 1. The molecule has 0 heterocycles. The molecule has 1 saturated carbocycles. The number of ketones is 1. The molecular formula is C17H24O2. The van der Waals surface area contributed by atoms with Crippen LogP contribution in [0, 0.1) is 0 Å². The van der Waals surface area contributed by atoms with Gasteiger partial charge in [-0.1, -0.05) is 45.0 Å². The minimum atomic E-state index is -0.181. The molecule has 0 aliphatic heterocycles. The topological polar surface area (TPSA) is 26.3 Å². The highest BCUT2D eigenvalue weighted by Gasteiger charge is 2.39. The molecule has 0 atom stereocenters. The number of carbonyl (C=O) groups is 1. The molecule has 19 heavy (non-hydrogen) atoms. The maximum atomic E-state index is 12.3. The third kappa shape index (κ3) is 3.06. The maximum absolute atomic E-state index is 12.3. The quantitative estimate of drug-likeness (QED) is 0.761. The van der Waals surface area contributed by atoms with Gasteiger partial charge in [0.1, 0.15) is 0 Å². The molecule has 0 unspecified atom stereocenters. The van der Waals surface area contributed by atoms with E-state index in [1.54, 1.807) is 7.11 Å². The number of Topliss-reactive ketones (excluding diaryl/α,β-unsaturated/α-hetero) is 1. The predicted octanol–water partition coefficient (Wildman–Crippen LogP) is 4.13. The van der Waals surface area contributed by atoms with Crippen LogP contribution in [0.3, 0.4) is 0 Å². The van der Waals surface area contributed by atoms with E-state index in [-0.39, 0.29) is 16.8 Å². The molecule has 0 bridgehead atoms. The summed E-state index contributed by atoms with van der Waals surface area (Å²) in [6.07, 6.45) is 3.70. The highest BCUT2D eigenvalue weighted by molar-refractivity contribution is 5.96. The van der Waals surface area contributed by atoms with Gasteiger partial charge in [0.2, 0.25) is 0 Å². The van der Waals surface area contributed by atoms with Crippen molar-refractivity contribution in [2.45, 2.75) is 57.5 Å². The van der Waals surface area contributed by atoms with Crippen molar-refractivity contribution in [1.29, 1.82) is 0 Å². The second-order valence-corrected chi connectivity index (χ2v) is 6.67. The van der Waals surface area contributed by atoms with E-state index in [1.165, 1.54) is 12.0 Å². The molecule has 1 fully saturated rings. The van der Waals surface area contributed by atoms with Crippen molar-refractivity contribution >= 4 is 5.78 Å². The summed E-state index contributed by atoms with van der Waals surface area (Å²) in [6.45, 7) is 6.54. The Morgan fingerprint density at radius 2 is 1.79 bits per heavy atom. The minimum Gasteiger partial charge on any atom is -0.378 e. The van der Waals surface area contributed by atoms with Gasteiger partial charge in [-0.25, -0.2) is 0 Å². The first-order valence-electron chi connectivity index (χ1n) is 7.05. The lowest BCUT2D eigenvalue weighted by atomic mass is 9.75. The Hall–Kier alpha value is -1.15. The Morgan fingerprint density at radius 1 is 1.21 bits per heavy atom. The van der Waals surface area contributed by atoms with E-state index in [9.17, 15) is 4.79 Å². The van der Waals surface area contributed by atoms with Crippen LogP contribution < -0.4 is 0 Å². The normalized spacial score (nSPS) is 17.9. The standard InChI is InChI=1S/C17H24O2/c1-16(2,3)14-8-6-13(7-9-14)15(18)12-17(19-4)10-5-11-17/h6-9H,5,10-12H2,1-4H3. The first-order valence-corrected chi connectivity index (χ1v) is 7.05. The lowest BCUT2D eigenvalue weighted by molar-refractivity contribution is -0.0704. The molecule has 104 valence electrons. The maximum Gasteiger partial charge on any atom is 0.165 e. The van der Waals surface area contributed by atoms with Crippen molar-refractivity contribution in [3.8, 4) is 0 Å². The lowest BCUT2D eigenvalue weighted by Crippen LogP contribution is -2.41. The highest BCUT2D eigenvalue weighted by Crippen LogP contribution is 2.38. The summed E-state index contributed by atoms with van der Waals surface area (Å²) in [5, 5.41) is 0. The average molecular weight is 260 g/mol. The van der Waals surface area contributed by atoms with E-state index in [0.717, 1.165) is 18.4 Å². The Labute approximate surface area is 116 Å². The summed E-state index contributed by atoms with van der Waals surface area (Å²) in [5.74, 6) is 0.196. The van der Waals surface area contributed by atoms with Crippen molar-refractivity contribution in [3.63, 3.8) is 0 Å². The van der Waals surface area contributed by atoms with E-state index < -0.39 is 0 Å². The van der Waals surface area contributed by atoms with E-state index in [2.05, 4.69) is 32.9 Å². The van der Waals surface area contributed by atoms with Gasteiger partial charge in [0, 0.05) is 19.1 Å². The molecule has 2 heteroatoms. The molecule has 2 nitrogen and oxygen atoms in total. The second kappa shape index (κ2) is 5.09. The fraction of sp³-hybridized carbons (Fsp3) is 0.588. The zero-order chi connectivity index (χ0) is 14.1. The van der Waals surface area contributed by atoms with Crippen LogP contribution >= 0.6 is 0 Å². The first-order chi connectivity index (χ1) is 8.86. The van der Waals surface area contributed by atoms with Crippen molar-refractivity contribution in [2.24, 2.45) is 0 Å². The van der Waals surface area contributed by atoms with Gasteiger partial charge in [-0.2, -0.15) is 0 Å². The van der Waals surface area contributed by atoms with Crippen LogP contribution in [0.5, 0.6) is 0 Å². The Bertz CT molecular complexity index is 442. The SMILES string of the molecule is COC1(CC(=O)c2ccc(C(C)(C)C)cc2)CCC1. The summed E-state index contributed by atoms with van der Waals surface area (Å²) in [7, 11) is 1.72. The molecule has 0 aromatic heterocycles. The molecule has 0 saturated heterocycles. The number of hydrogen-bond donors (Lipinski definition) is 0. The van der Waals surface area contributed by atoms with Crippen LogP contribution in [0.1, 0.15) is 62.4 Å². The van der Waals surface area contributed by atoms with Crippen LogP contribution in [0.15, 0.2) is 24.3 Å². The highest BCUT2D eigenvalue weighted by atomic mass is 16.5. The van der Waals surface area contributed by atoms with Crippen LogP contribution in [0.25, 0.3) is 0 Å².